The van der Waals surface area contributed by atoms with Gasteiger partial charge < -0.3 is 0 Å². The van der Waals surface area contributed by atoms with Crippen molar-refractivity contribution < 1.29 is 9.72 Å². The third kappa shape index (κ3) is 3.56. The lowest BCUT2D eigenvalue weighted by molar-refractivity contribution is -0.385. The zero-order chi connectivity index (χ0) is 13.8. The highest BCUT2D eigenvalue weighted by Crippen LogP contribution is 2.27. The predicted octanol–water partition coefficient (Wildman–Crippen LogP) is 3.62. The van der Waals surface area contributed by atoms with E-state index in [0.717, 1.165) is 24.3 Å². The van der Waals surface area contributed by atoms with Gasteiger partial charge in [-0.1, -0.05) is 12.1 Å². The number of hydrogen-bond acceptors (Lipinski definition) is 4. The van der Waals surface area contributed by atoms with Gasteiger partial charge in [0.1, 0.15) is 0 Å². The lowest BCUT2D eigenvalue weighted by Gasteiger charge is -2.20. The SMILES string of the molecule is Cc1ccc(C(=O)CC2CCSCC2)cc1[N+](=O)[O-]. The highest BCUT2D eigenvalue weighted by Gasteiger charge is 2.20. The number of benzene rings is 1. The third-order valence-electron chi connectivity index (χ3n) is 3.54. The van der Waals surface area contributed by atoms with Gasteiger partial charge in [-0.05, 0) is 37.2 Å². The van der Waals surface area contributed by atoms with Crippen LogP contribution in [-0.4, -0.2) is 22.2 Å². The van der Waals surface area contributed by atoms with Gasteiger partial charge in [0.2, 0.25) is 0 Å². The molecule has 1 aliphatic heterocycles. The lowest BCUT2D eigenvalue weighted by Crippen LogP contribution is -2.14. The number of rotatable bonds is 4. The van der Waals surface area contributed by atoms with Gasteiger partial charge in [0, 0.05) is 23.6 Å². The van der Waals surface area contributed by atoms with Crippen molar-refractivity contribution in [2.75, 3.05) is 11.5 Å². The topological polar surface area (TPSA) is 60.2 Å². The van der Waals surface area contributed by atoms with Crippen molar-refractivity contribution in [3.63, 3.8) is 0 Å². The Labute approximate surface area is 116 Å². The largest absolute Gasteiger partial charge is 0.294 e. The maximum Gasteiger partial charge on any atom is 0.273 e. The molecule has 0 unspecified atom stereocenters. The summed E-state index contributed by atoms with van der Waals surface area (Å²) < 4.78 is 0. The van der Waals surface area contributed by atoms with Gasteiger partial charge in [0.25, 0.3) is 5.69 Å². The summed E-state index contributed by atoms with van der Waals surface area (Å²) in [5, 5.41) is 10.9. The third-order valence-corrected chi connectivity index (χ3v) is 4.59. The number of ketones is 1. The maximum atomic E-state index is 12.2. The average molecular weight is 279 g/mol. The molecular weight excluding hydrogens is 262 g/mol. The van der Waals surface area contributed by atoms with E-state index in [9.17, 15) is 14.9 Å². The molecule has 1 fully saturated rings. The summed E-state index contributed by atoms with van der Waals surface area (Å²) >= 11 is 1.93. The van der Waals surface area contributed by atoms with Crippen LogP contribution in [0.15, 0.2) is 18.2 Å². The number of nitro benzene ring substituents is 1. The molecule has 0 radical (unpaired) electrons. The average Bonchev–Trinajstić information content (AvgIpc) is 2.40. The Bertz CT molecular complexity index is 495. The second-order valence-electron chi connectivity index (χ2n) is 4.94. The van der Waals surface area contributed by atoms with Crippen molar-refractivity contribution in [1.29, 1.82) is 0 Å². The van der Waals surface area contributed by atoms with Gasteiger partial charge in [-0.15, -0.1) is 0 Å². The second-order valence-corrected chi connectivity index (χ2v) is 6.17. The van der Waals surface area contributed by atoms with Crippen LogP contribution < -0.4 is 0 Å². The number of carbonyl (C=O) groups excluding carboxylic acids is 1. The molecule has 19 heavy (non-hydrogen) atoms. The predicted molar refractivity (Wildman–Crippen MR) is 76.8 cm³/mol. The summed E-state index contributed by atoms with van der Waals surface area (Å²) in [6.45, 7) is 1.69. The molecule has 0 atom stereocenters. The number of nitro groups is 1. The van der Waals surface area contributed by atoms with Crippen molar-refractivity contribution in [1.82, 2.24) is 0 Å². The first-order chi connectivity index (χ1) is 9.08. The summed E-state index contributed by atoms with van der Waals surface area (Å²) in [5.41, 5.74) is 1.09. The van der Waals surface area contributed by atoms with E-state index < -0.39 is 4.92 Å². The minimum Gasteiger partial charge on any atom is -0.294 e. The Morgan fingerprint density at radius 1 is 1.42 bits per heavy atom. The molecule has 2 rings (SSSR count). The van der Waals surface area contributed by atoms with Crippen molar-refractivity contribution in [3.8, 4) is 0 Å². The second kappa shape index (κ2) is 6.19. The van der Waals surface area contributed by atoms with Crippen LogP contribution in [0.25, 0.3) is 0 Å². The monoisotopic (exact) mass is 279 g/mol. The quantitative estimate of drug-likeness (QED) is 0.480. The van der Waals surface area contributed by atoms with Gasteiger partial charge in [0.05, 0.1) is 4.92 Å². The van der Waals surface area contributed by atoms with Crippen LogP contribution in [0.3, 0.4) is 0 Å². The molecule has 0 spiro atoms. The van der Waals surface area contributed by atoms with Crippen LogP contribution in [0, 0.1) is 23.0 Å². The Morgan fingerprint density at radius 2 is 2.11 bits per heavy atom. The van der Waals surface area contributed by atoms with Gasteiger partial charge in [-0.25, -0.2) is 0 Å². The van der Waals surface area contributed by atoms with E-state index in [1.54, 1.807) is 19.1 Å². The Kier molecular flexibility index (Phi) is 4.58. The van der Waals surface area contributed by atoms with Gasteiger partial charge in [0.15, 0.2) is 5.78 Å². The highest BCUT2D eigenvalue weighted by atomic mass is 32.2. The first-order valence-electron chi connectivity index (χ1n) is 6.44. The van der Waals surface area contributed by atoms with Crippen molar-refractivity contribution in [3.05, 3.63) is 39.4 Å². The normalized spacial score (nSPS) is 16.3. The number of hydrogen-bond donors (Lipinski definition) is 0. The summed E-state index contributed by atoms with van der Waals surface area (Å²) in [4.78, 5) is 22.6. The first-order valence-corrected chi connectivity index (χ1v) is 7.59. The van der Waals surface area contributed by atoms with Gasteiger partial charge in [-0.2, -0.15) is 11.8 Å². The van der Waals surface area contributed by atoms with E-state index in [2.05, 4.69) is 0 Å². The fourth-order valence-corrected chi connectivity index (χ4v) is 3.51. The molecule has 0 N–H and O–H groups in total. The number of thioether (sulfide) groups is 1. The van der Waals surface area contributed by atoms with Crippen molar-refractivity contribution >= 4 is 23.2 Å². The molecule has 1 saturated heterocycles. The molecule has 0 aromatic heterocycles. The fourth-order valence-electron chi connectivity index (χ4n) is 2.31. The molecule has 1 aromatic carbocycles. The Morgan fingerprint density at radius 3 is 2.74 bits per heavy atom. The molecule has 0 saturated carbocycles. The fraction of sp³-hybridized carbons (Fsp3) is 0.500. The maximum absolute atomic E-state index is 12.2. The zero-order valence-electron chi connectivity index (χ0n) is 10.9. The molecule has 0 amide bonds. The number of nitrogens with zero attached hydrogens (tertiary/aromatic N) is 1. The molecular formula is C14H17NO3S. The molecule has 1 heterocycles. The van der Waals surface area contributed by atoms with Crippen LogP contribution >= 0.6 is 11.8 Å². The van der Waals surface area contributed by atoms with Crippen molar-refractivity contribution in [2.24, 2.45) is 5.92 Å². The number of aryl methyl sites for hydroxylation is 1. The Balaban J connectivity index is 2.10. The smallest absolute Gasteiger partial charge is 0.273 e. The van der Waals surface area contributed by atoms with Crippen LogP contribution in [0.2, 0.25) is 0 Å². The van der Waals surface area contributed by atoms with Gasteiger partial charge >= 0.3 is 0 Å². The van der Waals surface area contributed by atoms with Crippen LogP contribution in [0.5, 0.6) is 0 Å². The minimum atomic E-state index is -0.427. The molecule has 1 aromatic rings. The lowest BCUT2D eigenvalue weighted by atomic mass is 9.93. The van der Waals surface area contributed by atoms with Crippen LogP contribution in [-0.2, 0) is 0 Å². The number of carbonyl (C=O) groups is 1. The summed E-state index contributed by atoms with van der Waals surface area (Å²) in [6.07, 6.45) is 2.66. The Hall–Kier alpha value is -1.36. The minimum absolute atomic E-state index is 0.0278. The standard InChI is InChI=1S/C14H17NO3S/c1-10-2-3-12(9-13(10)15(17)18)14(16)8-11-4-6-19-7-5-11/h2-3,9,11H,4-8H2,1H3. The molecule has 102 valence electrons. The molecule has 0 aliphatic carbocycles. The van der Waals surface area contributed by atoms with Gasteiger partial charge in [-0.3, -0.25) is 14.9 Å². The molecule has 0 bridgehead atoms. The van der Waals surface area contributed by atoms with E-state index in [1.807, 2.05) is 11.8 Å². The summed E-state index contributed by atoms with van der Waals surface area (Å²) in [6, 6.07) is 4.76. The summed E-state index contributed by atoms with van der Waals surface area (Å²) in [5.74, 6) is 2.70. The van der Waals surface area contributed by atoms with E-state index in [4.69, 9.17) is 0 Å². The van der Waals surface area contributed by atoms with Crippen molar-refractivity contribution in [2.45, 2.75) is 26.2 Å². The van der Waals surface area contributed by atoms with Crippen LogP contribution in [0.4, 0.5) is 5.69 Å². The highest BCUT2D eigenvalue weighted by molar-refractivity contribution is 7.99. The molecule has 1 aliphatic rings. The van der Waals surface area contributed by atoms with E-state index in [1.165, 1.54) is 6.07 Å². The molecule has 5 heteroatoms. The van der Waals surface area contributed by atoms with E-state index in [-0.39, 0.29) is 11.5 Å². The first kappa shape index (κ1) is 14.1. The van der Waals surface area contributed by atoms with E-state index in [0.29, 0.717) is 23.5 Å². The number of Topliss-reactive ketones (excluding diaryl/α,β-unsaturated/α-hetero) is 1. The van der Waals surface area contributed by atoms with Crippen LogP contribution in [0.1, 0.15) is 35.2 Å². The molecule has 4 nitrogen and oxygen atoms in total. The van der Waals surface area contributed by atoms with E-state index >= 15 is 0 Å². The summed E-state index contributed by atoms with van der Waals surface area (Å²) in [7, 11) is 0. The zero-order valence-corrected chi connectivity index (χ0v) is 11.7.